The fourth-order valence-corrected chi connectivity index (χ4v) is 1.55. The van der Waals surface area contributed by atoms with Gasteiger partial charge in [-0.05, 0) is 31.9 Å². The summed E-state index contributed by atoms with van der Waals surface area (Å²) in [4.78, 5) is 11.4. The highest BCUT2D eigenvalue weighted by Crippen LogP contribution is 2.10. The van der Waals surface area contributed by atoms with Crippen LogP contribution in [-0.2, 0) is 11.3 Å². The van der Waals surface area contributed by atoms with Crippen molar-refractivity contribution in [3.8, 4) is 0 Å². The summed E-state index contributed by atoms with van der Waals surface area (Å²) in [5.74, 6) is 0.0101. The number of hydrogen-bond acceptors (Lipinski definition) is 2. The van der Waals surface area contributed by atoms with Gasteiger partial charge in [0.1, 0.15) is 0 Å². The maximum atomic E-state index is 11.4. The van der Waals surface area contributed by atoms with E-state index < -0.39 is 0 Å². The van der Waals surface area contributed by atoms with E-state index in [1.807, 2.05) is 20.8 Å². The average Bonchev–Trinajstić information content (AvgIpc) is 2.18. The van der Waals surface area contributed by atoms with Crippen LogP contribution in [0.15, 0.2) is 18.2 Å². The summed E-state index contributed by atoms with van der Waals surface area (Å²) in [6.07, 6.45) is 0.380. The number of benzene rings is 1. The Balaban J connectivity index is 2.54. The molecule has 3 heteroatoms. The van der Waals surface area contributed by atoms with Gasteiger partial charge in [0.05, 0.1) is 0 Å². The molecule has 0 aliphatic heterocycles. The van der Waals surface area contributed by atoms with Crippen molar-refractivity contribution in [1.82, 2.24) is 5.32 Å². The van der Waals surface area contributed by atoms with E-state index in [1.165, 1.54) is 11.1 Å². The fraction of sp³-hybridized carbons (Fsp3) is 0.462. The number of nitrogens with one attached hydrogen (secondary N) is 1. The first-order valence-corrected chi connectivity index (χ1v) is 5.57. The molecular weight excluding hydrogens is 200 g/mol. The number of amides is 1. The molecule has 0 fully saturated rings. The molecule has 1 rings (SSSR count). The Kier molecular flexibility index (Phi) is 4.50. The number of carbonyl (C=O) groups is 1. The molecule has 0 radical (unpaired) electrons. The first kappa shape index (κ1) is 12.7. The Morgan fingerprint density at radius 2 is 2.12 bits per heavy atom. The third-order valence-electron chi connectivity index (χ3n) is 2.49. The second kappa shape index (κ2) is 5.66. The largest absolute Gasteiger partial charge is 0.352 e. The lowest BCUT2D eigenvalue weighted by Crippen LogP contribution is -2.29. The summed E-state index contributed by atoms with van der Waals surface area (Å²) >= 11 is 0. The van der Waals surface area contributed by atoms with E-state index in [4.69, 9.17) is 5.73 Å². The third-order valence-corrected chi connectivity index (χ3v) is 2.49. The standard InChI is InChI=1S/C13H20N2O/c1-9-4-5-10(2)12(6-9)8-15-13(16)7-11(3)14/h4-6,11H,7-8,14H2,1-3H3,(H,15,16). The summed E-state index contributed by atoms with van der Waals surface area (Å²) in [6, 6.07) is 6.16. The summed E-state index contributed by atoms with van der Waals surface area (Å²) in [5.41, 5.74) is 9.13. The van der Waals surface area contributed by atoms with Crippen LogP contribution in [0.1, 0.15) is 30.0 Å². The second-order valence-electron chi connectivity index (χ2n) is 4.39. The molecule has 1 unspecified atom stereocenters. The third kappa shape index (κ3) is 4.03. The molecule has 3 N–H and O–H groups in total. The fourth-order valence-electron chi connectivity index (χ4n) is 1.55. The zero-order valence-electron chi connectivity index (χ0n) is 10.2. The maximum absolute atomic E-state index is 11.4. The van der Waals surface area contributed by atoms with Crippen molar-refractivity contribution in [3.05, 3.63) is 34.9 Å². The van der Waals surface area contributed by atoms with Crippen LogP contribution < -0.4 is 11.1 Å². The molecule has 0 heterocycles. The summed E-state index contributed by atoms with van der Waals surface area (Å²) in [6.45, 7) is 6.51. The van der Waals surface area contributed by atoms with Gasteiger partial charge in [-0.2, -0.15) is 0 Å². The lowest BCUT2D eigenvalue weighted by molar-refractivity contribution is -0.121. The van der Waals surface area contributed by atoms with Crippen molar-refractivity contribution >= 4 is 5.91 Å². The van der Waals surface area contributed by atoms with Gasteiger partial charge in [0.15, 0.2) is 0 Å². The molecule has 0 saturated carbocycles. The average molecular weight is 220 g/mol. The molecule has 16 heavy (non-hydrogen) atoms. The van der Waals surface area contributed by atoms with Gasteiger partial charge in [-0.25, -0.2) is 0 Å². The van der Waals surface area contributed by atoms with Gasteiger partial charge < -0.3 is 11.1 Å². The molecule has 1 aromatic rings. The zero-order chi connectivity index (χ0) is 12.1. The lowest BCUT2D eigenvalue weighted by atomic mass is 10.1. The summed E-state index contributed by atoms with van der Waals surface area (Å²) < 4.78 is 0. The van der Waals surface area contributed by atoms with Gasteiger partial charge in [0, 0.05) is 19.0 Å². The number of rotatable bonds is 4. The van der Waals surface area contributed by atoms with Crippen molar-refractivity contribution in [2.75, 3.05) is 0 Å². The van der Waals surface area contributed by atoms with E-state index >= 15 is 0 Å². The highest BCUT2D eigenvalue weighted by Gasteiger charge is 2.05. The van der Waals surface area contributed by atoms with E-state index in [0.717, 1.165) is 5.56 Å². The Morgan fingerprint density at radius 1 is 1.44 bits per heavy atom. The normalized spacial score (nSPS) is 12.2. The van der Waals surface area contributed by atoms with E-state index in [0.29, 0.717) is 13.0 Å². The van der Waals surface area contributed by atoms with Gasteiger partial charge >= 0.3 is 0 Å². The van der Waals surface area contributed by atoms with Gasteiger partial charge in [0.25, 0.3) is 0 Å². The number of hydrogen-bond donors (Lipinski definition) is 2. The van der Waals surface area contributed by atoms with E-state index in [1.54, 1.807) is 0 Å². The van der Waals surface area contributed by atoms with Crippen molar-refractivity contribution < 1.29 is 4.79 Å². The molecular formula is C13H20N2O. The molecule has 0 aliphatic carbocycles. The minimum atomic E-state index is -0.0846. The molecule has 1 atom stereocenters. The monoisotopic (exact) mass is 220 g/mol. The zero-order valence-corrected chi connectivity index (χ0v) is 10.2. The van der Waals surface area contributed by atoms with Crippen molar-refractivity contribution in [2.45, 2.75) is 39.8 Å². The molecule has 0 aromatic heterocycles. The van der Waals surface area contributed by atoms with Crippen LogP contribution in [0.3, 0.4) is 0 Å². The van der Waals surface area contributed by atoms with E-state index in [2.05, 4.69) is 23.5 Å². The maximum Gasteiger partial charge on any atom is 0.221 e. The lowest BCUT2D eigenvalue weighted by Gasteiger charge is -2.10. The Morgan fingerprint density at radius 3 is 2.75 bits per heavy atom. The van der Waals surface area contributed by atoms with Gasteiger partial charge in [-0.3, -0.25) is 4.79 Å². The van der Waals surface area contributed by atoms with Crippen LogP contribution in [0.4, 0.5) is 0 Å². The van der Waals surface area contributed by atoms with Crippen LogP contribution >= 0.6 is 0 Å². The quantitative estimate of drug-likeness (QED) is 0.810. The Bertz CT molecular complexity index is 372. The molecule has 0 saturated heterocycles. The van der Waals surface area contributed by atoms with Crippen molar-refractivity contribution in [1.29, 1.82) is 0 Å². The van der Waals surface area contributed by atoms with Gasteiger partial charge in [-0.1, -0.05) is 23.8 Å². The highest BCUT2D eigenvalue weighted by atomic mass is 16.1. The molecule has 0 aliphatic rings. The van der Waals surface area contributed by atoms with Crippen LogP contribution in [-0.4, -0.2) is 11.9 Å². The van der Waals surface area contributed by atoms with Gasteiger partial charge in [-0.15, -0.1) is 0 Å². The van der Waals surface area contributed by atoms with Crippen molar-refractivity contribution in [3.63, 3.8) is 0 Å². The molecule has 3 nitrogen and oxygen atoms in total. The molecule has 0 bridgehead atoms. The van der Waals surface area contributed by atoms with Gasteiger partial charge in [0.2, 0.25) is 5.91 Å². The SMILES string of the molecule is Cc1ccc(C)c(CNC(=O)CC(C)N)c1. The van der Waals surface area contributed by atoms with Crippen LogP contribution in [0.5, 0.6) is 0 Å². The predicted octanol–water partition coefficient (Wildman–Crippen LogP) is 1.66. The smallest absolute Gasteiger partial charge is 0.221 e. The Hall–Kier alpha value is -1.35. The summed E-state index contributed by atoms with van der Waals surface area (Å²) in [7, 11) is 0. The van der Waals surface area contributed by atoms with E-state index in [-0.39, 0.29) is 11.9 Å². The summed E-state index contributed by atoms with van der Waals surface area (Å²) in [5, 5.41) is 2.88. The van der Waals surface area contributed by atoms with Crippen LogP contribution in [0.25, 0.3) is 0 Å². The number of carbonyl (C=O) groups excluding carboxylic acids is 1. The molecule has 1 aromatic carbocycles. The van der Waals surface area contributed by atoms with Crippen LogP contribution in [0.2, 0.25) is 0 Å². The first-order valence-electron chi connectivity index (χ1n) is 5.57. The topological polar surface area (TPSA) is 55.1 Å². The molecule has 1 amide bonds. The van der Waals surface area contributed by atoms with E-state index in [9.17, 15) is 4.79 Å². The van der Waals surface area contributed by atoms with Crippen molar-refractivity contribution in [2.24, 2.45) is 5.73 Å². The Labute approximate surface area is 97.0 Å². The van der Waals surface area contributed by atoms with Crippen LogP contribution in [0, 0.1) is 13.8 Å². The first-order chi connectivity index (χ1) is 7.49. The predicted molar refractivity (Wildman–Crippen MR) is 66.0 cm³/mol. The minimum absolute atomic E-state index is 0.0101. The molecule has 88 valence electrons. The number of nitrogens with two attached hydrogens (primary N) is 1. The number of aryl methyl sites for hydroxylation is 2. The highest BCUT2D eigenvalue weighted by molar-refractivity contribution is 5.76. The second-order valence-corrected chi connectivity index (χ2v) is 4.39. The molecule has 0 spiro atoms. The minimum Gasteiger partial charge on any atom is -0.352 e.